The van der Waals surface area contributed by atoms with Gasteiger partial charge in [0.1, 0.15) is 11.6 Å². The van der Waals surface area contributed by atoms with Crippen molar-refractivity contribution < 1.29 is 28.0 Å². The molecule has 172 valence electrons. The Balaban J connectivity index is 1.42. The Morgan fingerprint density at radius 3 is 2.45 bits per heavy atom. The minimum absolute atomic E-state index is 0.00872. The number of aryl methyl sites for hydroxylation is 1. The third-order valence-corrected chi connectivity index (χ3v) is 5.63. The lowest BCUT2D eigenvalue weighted by molar-refractivity contribution is -0.124. The maximum atomic E-state index is 13.6. The normalized spacial score (nSPS) is 14.6. The van der Waals surface area contributed by atoms with Crippen molar-refractivity contribution in [3.05, 3.63) is 75.7 Å². The van der Waals surface area contributed by atoms with Crippen LogP contribution in [0.15, 0.2) is 47.4 Å². The molecule has 0 bridgehead atoms. The van der Waals surface area contributed by atoms with E-state index in [1.54, 1.807) is 6.08 Å². The van der Waals surface area contributed by atoms with Gasteiger partial charge in [-0.15, -0.1) is 0 Å². The average Bonchev–Trinajstić information content (AvgIpc) is 3.02. The summed E-state index contributed by atoms with van der Waals surface area (Å²) in [7, 11) is 0. The van der Waals surface area contributed by atoms with E-state index in [9.17, 15) is 28.0 Å². The van der Waals surface area contributed by atoms with Gasteiger partial charge in [0.25, 0.3) is 17.1 Å². The number of imide groups is 1. The molecule has 0 spiro atoms. The van der Waals surface area contributed by atoms with Crippen LogP contribution in [0.25, 0.3) is 6.08 Å². The first kappa shape index (κ1) is 24.1. The number of halogens is 2. The monoisotopic (exact) mass is 473 g/mol. The molecule has 10 heteroatoms. The molecule has 1 aliphatic heterocycles. The largest absolute Gasteiger partial charge is 0.354 e. The number of nitrogens with zero attached hydrogens (tertiary/aromatic N) is 1. The zero-order valence-electron chi connectivity index (χ0n) is 17.7. The number of amides is 4. The van der Waals surface area contributed by atoms with Crippen molar-refractivity contribution in [1.29, 1.82) is 0 Å². The van der Waals surface area contributed by atoms with E-state index in [-0.39, 0.29) is 31.6 Å². The average molecular weight is 474 g/mol. The van der Waals surface area contributed by atoms with E-state index in [4.69, 9.17) is 0 Å². The van der Waals surface area contributed by atoms with Gasteiger partial charge >= 0.3 is 0 Å². The van der Waals surface area contributed by atoms with Crippen LogP contribution >= 0.6 is 11.8 Å². The van der Waals surface area contributed by atoms with Crippen molar-refractivity contribution in [2.24, 2.45) is 0 Å². The van der Waals surface area contributed by atoms with Gasteiger partial charge in [-0.05, 0) is 42.5 Å². The van der Waals surface area contributed by atoms with Crippen molar-refractivity contribution in [1.82, 2.24) is 15.5 Å². The summed E-state index contributed by atoms with van der Waals surface area (Å²) in [6.45, 7) is 1.94. The molecule has 4 amide bonds. The van der Waals surface area contributed by atoms with Crippen molar-refractivity contribution in [3.63, 3.8) is 0 Å². The zero-order chi connectivity index (χ0) is 24.0. The Morgan fingerprint density at radius 1 is 1.03 bits per heavy atom. The minimum Gasteiger partial charge on any atom is -0.354 e. The molecule has 0 aromatic heterocycles. The van der Waals surface area contributed by atoms with Gasteiger partial charge in [-0.3, -0.25) is 24.1 Å². The number of hydrogen-bond acceptors (Lipinski definition) is 5. The number of carbonyl (C=O) groups is 4. The van der Waals surface area contributed by atoms with E-state index in [1.165, 1.54) is 0 Å². The van der Waals surface area contributed by atoms with Crippen LogP contribution in [0.2, 0.25) is 0 Å². The van der Waals surface area contributed by atoms with E-state index in [0.29, 0.717) is 11.0 Å². The van der Waals surface area contributed by atoms with E-state index >= 15 is 0 Å². The minimum atomic E-state index is -0.995. The fourth-order valence-electron chi connectivity index (χ4n) is 2.96. The topological polar surface area (TPSA) is 95.6 Å². The maximum absolute atomic E-state index is 13.6. The van der Waals surface area contributed by atoms with E-state index in [2.05, 4.69) is 10.6 Å². The van der Waals surface area contributed by atoms with Gasteiger partial charge < -0.3 is 10.6 Å². The third kappa shape index (κ3) is 6.48. The second-order valence-electron chi connectivity index (χ2n) is 7.22. The van der Waals surface area contributed by atoms with E-state index in [1.807, 2.05) is 31.2 Å². The second kappa shape index (κ2) is 10.9. The van der Waals surface area contributed by atoms with Crippen LogP contribution in [0.4, 0.5) is 13.6 Å². The molecule has 0 atom stereocenters. The molecule has 2 aromatic carbocycles. The molecule has 3 rings (SSSR count). The number of benzene rings is 2. The smallest absolute Gasteiger partial charge is 0.293 e. The lowest BCUT2D eigenvalue weighted by atomic mass is 10.1. The lowest BCUT2D eigenvalue weighted by Crippen LogP contribution is -2.38. The van der Waals surface area contributed by atoms with Gasteiger partial charge in [-0.25, -0.2) is 8.78 Å². The van der Waals surface area contributed by atoms with E-state index in [0.717, 1.165) is 39.9 Å². The highest BCUT2D eigenvalue weighted by Crippen LogP contribution is 2.31. The molecule has 0 saturated carbocycles. The first-order valence-corrected chi connectivity index (χ1v) is 10.9. The molecule has 2 aromatic rings. The van der Waals surface area contributed by atoms with Crippen LogP contribution in [0, 0.1) is 18.6 Å². The van der Waals surface area contributed by atoms with Crippen LogP contribution in [-0.2, 0) is 9.59 Å². The lowest BCUT2D eigenvalue weighted by Gasteiger charge is -2.13. The molecular formula is C23H21F2N3O4S. The predicted molar refractivity (Wildman–Crippen MR) is 120 cm³/mol. The Morgan fingerprint density at radius 2 is 1.76 bits per heavy atom. The fourth-order valence-corrected chi connectivity index (χ4v) is 3.83. The number of hydrogen-bond donors (Lipinski definition) is 2. The number of rotatable bonds is 8. The summed E-state index contributed by atoms with van der Waals surface area (Å²) in [4.78, 5) is 49.9. The van der Waals surface area contributed by atoms with Gasteiger partial charge in [0.2, 0.25) is 5.91 Å². The van der Waals surface area contributed by atoms with Gasteiger partial charge in [0.05, 0.1) is 10.5 Å². The molecule has 2 N–H and O–H groups in total. The van der Waals surface area contributed by atoms with Crippen molar-refractivity contribution in [2.45, 2.75) is 13.3 Å². The highest BCUT2D eigenvalue weighted by atomic mass is 32.2. The first-order valence-electron chi connectivity index (χ1n) is 10.1. The van der Waals surface area contributed by atoms with Crippen LogP contribution in [0.1, 0.15) is 27.9 Å². The molecule has 0 aliphatic carbocycles. The summed E-state index contributed by atoms with van der Waals surface area (Å²) in [6.07, 6.45) is 1.55. The Labute approximate surface area is 193 Å². The molecule has 1 heterocycles. The Kier molecular flexibility index (Phi) is 7.94. The Hall–Kier alpha value is -3.53. The van der Waals surface area contributed by atoms with Crippen LogP contribution in [0.3, 0.4) is 0 Å². The summed E-state index contributed by atoms with van der Waals surface area (Å²) in [6, 6.07) is 10.1. The number of nitrogens with one attached hydrogen (secondary N) is 2. The fraction of sp³-hybridized carbons (Fsp3) is 0.217. The highest BCUT2D eigenvalue weighted by molar-refractivity contribution is 8.18. The molecule has 1 aliphatic rings. The van der Waals surface area contributed by atoms with Crippen LogP contribution < -0.4 is 10.6 Å². The quantitative estimate of drug-likeness (QED) is 0.574. The maximum Gasteiger partial charge on any atom is 0.293 e. The van der Waals surface area contributed by atoms with E-state index < -0.39 is 34.6 Å². The van der Waals surface area contributed by atoms with Gasteiger partial charge in [0.15, 0.2) is 0 Å². The second-order valence-corrected chi connectivity index (χ2v) is 8.22. The van der Waals surface area contributed by atoms with Gasteiger partial charge in [-0.1, -0.05) is 29.8 Å². The van der Waals surface area contributed by atoms with Crippen molar-refractivity contribution >= 4 is 40.8 Å². The SMILES string of the molecule is Cc1ccc(/C=C2\SC(=O)N(CCNC(=O)CCNC(=O)c3ccc(F)cc3F)C2=O)cc1. The van der Waals surface area contributed by atoms with Crippen LogP contribution in [-0.4, -0.2) is 47.5 Å². The summed E-state index contributed by atoms with van der Waals surface area (Å²) in [5.41, 5.74) is 1.56. The van der Waals surface area contributed by atoms with Gasteiger partial charge in [-0.2, -0.15) is 0 Å². The first-order chi connectivity index (χ1) is 15.7. The zero-order valence-corrected chi connectivity index (χ0v) is 18.5. The molecule has 7 nitrogen and oxygen atoms in total. The molecule has 33 heavy (non-hydrogen) atoms. The molecular weight excluding hydrogens is 452 g/mol. The molecule has 1 saturated heterocycles. The summed E-state index contributed by atoms with van der Waals surface area (Å²) in [5.74, 6) is -3.40. The van der Waals surface area contributed by atoms with Crippen molar-refractivity contribution in [3.8, 4) is 0 Å². The van der Waals surface area contributed by atoms with Crippen LogP contribution in [0.5, 0.6) is 0 Å². The standard InChI is InChI=1S/C23H21F2N3O4S/c1-14-2-4-15(5-3-14)12-19-22(31)28(23(32)33-19)11-10-26-20(29)8-9-27-21(30)17-7-6-16(24)13-18(17)25/h2-7,12-13H,8-11H2,1H3,(H,26,29)(H,27,30)/b19-12-. The highest BCUT2D eigenvalue weighted by Gasteiger charge is 2.34. The number of carbonyl (C=O) groups excluding carboxylic acids is 4. The molecule has 0 unspecified atom stereocenters. The van der Waals surface area contributed by atoms with Crippen molar-refractivity contribution in [2.75, 3.05) is 19.6 Å². The third-order valence-electron chi connectivity index (χ3n) is 4.72. The summed E-state index contributed by atoms with van der Waals surface area (Å²) < 4.78 is 26.5. The molecule has 0 radical (unpaired) electrons. The molecule has 1 fully saturated rings. The number of thioether (sulfide) groups is 1. The Bertz CT molecular complexity index is 1120. The predicted octanol–water partition coefficient (Wildman–Crippen LogP) is 3.25. The summed E-state index contributed by atoms with van der Waals surface area (Å²) >= 11 is 0.841. The van der Waals surface area contributed by atoms with Gasteiger partial charge in [0, 0.05) is 32.1 Å². The summed E-state index contributed by atoms with van der Waals surface area (Å²) in [5, 5.41) is 4.53.